The molecule has 0 atom stereocenters. The monoisotopic (exact) mass is 250 g/mol. The number of hydrogen-bond acceptors (Lipinski definition) is 3. The Labute approximate surface area is 99.3 Å². The van der Waals surface area contributed by atoms with E-state index in [1.165, 1.54) is 6.08 Å². The van der Waals surface area contributed by atoms with E-state index < -0.39 is 0 Å². The maximum atomic E-state index is 11.2. The standard InChI is InChI=1S/C9H11ClN2O2.ClH/c1-2-3-14-9(13)6-12-7-11-5-8(12)4-10;/h2,5,7H,1,3-4,6H2;1H. The fraction of sp³-hybridized carbons (Fsp3) is 0.333. The Morgan fingerprint density at radius 2 is 2.47 bits per heavy atom. The van der Waals surface area contributed by atoms with E-state index in [0.717, 1.165) is 5.69 Å². The van der Waals surface area contributed by atoms with Crippen molar-refractivity contribution >= 4 is 30.0 Å². The van der Waals surface area contributed by atoms with Crippen molar-refractivity contribution in [3.63, 3.8) is 0 Å². The minimum absolute atomic E-state index is 0. The highest BCUT2D eigenvalue weighted by Crippen LogP contribution is 2.03. The van der Waals surface area contributed by atoms with Crippen LogP contribution in [0.1, 0.15) is 5.69 Å². The summed E-state index contributed by atoms with van der Waals surface area (Å²) in [6.07, 6.45) is 4.69. The van der Waals surface area contributed by atoms with Crippen LogP contribution in [-0.2, 0) is 22.0 Å². The van der Waals surface area contributed by atoms with E-state index in [1.54, 1.807) is 17.1 Å². The molecule has 0 radical (unpaired) electrons. The zero-order valence-electron chi connectivity index (χ0n) is 8.06. The molecule has 0 saturated heterocycles. The van der Waals surface area contributed by atoms with Crippen molar-refractivity contribution in [2.75, 3.05) is 6.61 Å². The largest absolute Gasteiger partial charge is 0.460 e. The third-order valence-corrected chi connectivity index (χ3v) is 1.87. The predicted molar refractivity (Wildman–Crippen MR) is 60.2 cm³/mol. The maximum absolute atomic E-state index is 11.2. The van der Waals surface area contributed by atoms with Crippen LogP contribution in [0.3, 0.4) is 0 Å². The highest BCUT2D eigenvalue weighted by Gasteiger charge is 2.06. The van der Waals surface area contributed by atoms with Gasteiger partial charge in [-0.2, -0.15) is 0 Å². The van der Waals surface area contributed by atoms with Crippen molar-refractivity contribution in [1.29, 1.82) is 0 Å². The van der Waals surface area contributed by atoms with Gasteiger partial charge in [-0.05, 0) is 0 Å². The van der Waals surface area contributed by atoms with Gasteiger partial charge in [-0.3, -0.25) is 4.79 Å². The molecule has 0 amide bonds. The summed E-state index contributed by atoms with van der Waals surface area (Å²) < 4.78 is 6.47. The number of hydrogen-bond donors (Lipinski definition) is 0. The Morgan fingerprint density at radius 3 is 3.07 bits per heavy atom. The molecule has 0 N–H and O–H groups in total. The average Bonchev–Trinajstić information content (AvgIpc) is 2.62. The molecule has 0 saturated carbocycles. The summed E-state index contributed by atoms with van der Waals surface area (Å²) in [5, 5.41) is 0. The number of nitrogens with zero attached hydrogens (tertiary/aromatic N) is 2. The van der Waals surface area contributed by atoms with Crippen molar-refractivity contribution in [2.24, 2.45) is 0 Å². The number of alkyl halides is 1. The van der Waals surface area contributed by atoms with Gasteiger partial charge in [0.1, 0.15) is 13.2 Å². The first-order valence-electron chi connectivity index (χ1n) is 4.09. The molecule has 84 valence electrons. The van der Waals surface area contributed by atoms with Crippen molar-refractivity contribution in [3.05, 3.63) is 30.9 Å². The molecule has 0 aliphatic rings. The molecular weight excluding hydrogens is 239 g/mol. The first-order valence-corrected chi connectivity index (χ1v) is 4.63. The van der Waals surface area contributed by atoms with Crippen molar-refractivity contribution in [2.45, 2.75) is 12.4 Å². The second-order valence-electron chi connectivity index (χ2n) is 2.62. The molecule has 4 nitrogen and oxygen atoms in total. The summed E-state index contributed by atoms with van der Waals surface area (Å²) in [7, 11) is 0. The number of carbonyl (C=O) groups excluding carboxylic acids is 1. The second-order valence-corrected chi connectivity index (χ2v) is 2.89. The summed E-state index contributed by atoms with van der Waals surface area (Å²) in [5.41, 5.74) is 0.794. The number of ether oxygens (including phenoxy) is 1. The van der Waals surface area contributed by atoms with Crippen molar-refractivity contribution in [1.82, 2.24) is 9.55 Å². The fourth-order valence-electron chi connectivity index (χ4n) is 0.938. The molecular formula is C9H12Cl2N2O2. The average molecular weight is 251 g/mol. The van der Waals surface area contributed by atoms with Crippen molar-refractivity contribution < 1.29 is 9.53 Å². The Hall–Kier alpha value is -1.00. The number of imidazole rings is 1. The summed E-state index contributed by atoms with van der Waals surface area (Å²) in [4.78, 5) is 15.1. The molecule has 0 aromatic carbocycles. The van der Waals surface area contributed by atoms with E-state index in [1.807, 2.05) is 0 Å². The third-order valence-electron chi connectivity index (χ3n) is 1.60. The molecule has 1 aromatic rings. The SMILES string of the molecule is C=CCOC(=O)Cn1cncc1CCl.Cl. The van der Waals surface area contributed by atoms with E-state index in [4.69, 9.17) is 16.3 Å². The first kappa shape index (κ1) is 14.0. The van der Waals surface area contributed by atoms with Crippen LogP contribution in [0.2, 0.25) is 0 Å². The Kier molecular flexibility index (Phi) is 6.83. The topological polar surface area (TPSA) is 44.1 Å². The van der Waals surface area contributed by atoms with Gasteiger partial charge >= 0.3 is 5.97 Å². The number of esters is 1. The van der Waals surface area contributed by atoms with Gasteiger partial charge in [0.2, 0.25) is 0 Å². The maximum Gasteiger partial charge on any atom is 0.326 e. The van der Waals surface area contributed by atoms with Crippen LogP contribution < -0.4 is 0 Å². The number of halogens is 2. The number of rotatable bonds is 5. The smallest absolute Gasteiger partial charge is 0.326 e. The van der Waals surface area contributed by atoms with Crippen LogP contribution in [0.15, 0.2) is 25.2 Å². The van der Waals surface area contributed by atoms with Gasteiger partial charge in [0, 0.05) is 6.20 Å². The third kappa shape index (κ3) is 4.36. The summed E-state index contributed by atoms with van der Waals surface area (Å²) in [6, 6.07) is 0. The molecule has 1 heterocycles. The fourth-order valence-corrected chi connectivity index (χ4v) is 1.16. The van der Waals surface area contributed by atoms with Gasteiger partial charge in [-0.25, -0.2) is 4.98 Å². The predicted octanol–water partition coefficient (Wildman–Crippen LogP) is 1.77. The zero-order valence-corrected chi connectivity index (χ0v) is 9.63. The molecule has 1 rings (SSSR count). The quantitative estimate of drug-likeness (QED) is 0.455. The first-order chi connectivity index (χ1) is 6.77. The Morgan fingerprint density at radius 1 is 1.73 bits per heavy atom. The molecule has 0 aliphatic heterocycles. The van der Waals surface area contributed by atoms with Gasteiger partial charge in [0.25, 0.3) is 0 Å². The summed E-state index contributed by atoms with van der Waals surface area (Å²) >= 11 is 5.63. The lowest BCUT2D eigenvalue weighted by Crippen LogP contribution is -2.14. The molecule has 0 spiro atoms. The van der Waals surface area contributed by atoms with E-state index in [0.29, 0.717) is 5.88 Å². The van der Waals surface area contributed by atoms with Gasteiger partial charge < -0.3 is 9.30 Å². The highest BCUT2D eigenvalue weighted by atomic mass is 35.5. The summed E-state index contributed by atoms with van der Waals surface area (Å²) in [5.74, 6) is 0.00336. The molecule has 0 bridgehead atoms. The van der Waals surface area contributed by atoms with Gasteiger partial charge in [-0.1, -0.05) is 12.7 Å². The van der Waals surface area contributed by atoms with Gasteiger partial charge in [0.15, 0.2) is 0 Å². The Bertz CT molecular complexity index is 326. The van der Waals surface area contributed by atoms with E-state index in [9.17, 15) is 4.79 Å². The van der Waals surface area contributed by atoms with Gasteiger partial charge in [0.05, 0.1) is 17.9 Å². The van der Waals surface area contributed by atoms with Crippen LogP contribution in [0.4, 0.5) is 0 Å². The van der Waals surface area contributed by atoms with E-state index in [-0.39, 0.29) is 31.5 Å². The number of aromatic nitrogens is 2. The Balaban J connectivity index is 0.00000196. The summed E-state index contributed by atoms with van der Waals surface area (Å²) in [6.45, 7) is 3.81. The number of carbonyl (C=O) groups is 1. The van der Waals surface area contributed by atoms with Gasteiger partial charge in [-0.15, -0.1) is 24.0 Å². The van der Waals surface area contributed by atoms with Crippen LogP contribution >= 0.6 is 24.0 Å². The lowest BCUT2D eigenvalue weighted by Gasteiger charge is -2.04. The van der Waals surface area contributed by atoms with Crippen LogP contribution in [-0.4, -0.2) is 22.1 Å². The van der Waals surface area contributed by atoms with E-state index >= 15 is 0 Å². The van der Waals surface area contributed by atoms with Crippen LogP contribution in [0.5, 0.6) is 0 Å². The normalized spacial score (nSPS) is 9.13. The minimum Gasteiger partial charge on any atom is -0.460 e. The molecule has 15 heavy (non-hydrogen) atoms. The zero-order chi connectivity index (χ0) is 10.4. The van der Waals surface area contributed by atoms with E-state index in [2.05, 4.69) is 11.6 Å². The molecule has 0 aliphatic carbocycles. The molecule has 0 unspecified atom stereocenters. The minimum atomic E-state index is -0.325. The molecule has 6 heteroatoms. The van der Waals surface area contributed by atoms with Crippen molar-refractivity contribution in [3.8, 4) is 0 Å². The van der Waals surface area contributed by atoms with Crippen LogP contribution in [0, 0.1) is 0 Å². The highest BCUT2D eigenvalue weighted by molar-refractivity contribution is 6.16. The molecule has 0 fully saturated rings. The lowest BCUT2D eigenvalue weighted by atomic mass is 10.5. The van der Waals surface area contributed by atoms with Crippen LogP contribution in [0.25, 0.3) is 0 Å². The lowest BCUT2D eigenvalue weighted by molar-refractivity contribution is -0.143. The molecule has 1 aromatic heterocycles. The second kappa shape index (κ2) is 7.31.